The van der Waals surface area contributed by atoms with Gasteiger partial charge in [0.05, 0.1) is 18.3 Å². The zero-order valence-corrected chi connectivity index (χ0v) is 17.9. The molecule has 26 heavy (non-hydrogen) atoms. The predicted octanol–water partition coefficient (Wildman–Crippen LogP) is 2.59. The molecular formula is C20H41NO4S. The monoisotopic (exact) mass is 391 g/mol. The maximum atomic E-state index is 12.3. The molecule has 6 heteroatoms. The summed E-state index contributed by atoms with van der Waals surface area (Å²) in [5.74, 6) is 1.61. The zero-order chi connectivity index (χ0) is 19.7. The lowest BCUT2D eigenvalue weighted by Crippen LogP contribution is -2.54. The molecule has 1 saturated heterocycles. The van der Waals surface area contributed by atoms with Gasteiger partial charge in [-0.25, -0.2) is 0 Å². The SMILES string of the molecule is CC.CC1CCC1C1OC(CCS(=O)C2CCCC2)CC(O)C1O.CN. The van der Waals surface area contributed by atoms with Crippen molar-refractivity contribution >= 4 is 10.8 Å². The van der Waals surface area contributed by atoms with Crippen LogP contribution in [0.15, 0.2) is 0 Å². The fourth-order valence-corrected chi connectivity index (χ4v) is 5.96. The maximum Gasteiger partial charge on any atom is 0.106 e. The smallest absolute Gasteiger partial charge is 0.106 e. The van der Waals surface area contributed by atoms with Gasteiger partial charge < -0.3 is 20.7 Å². The second-order valence-corrected chi connectivity index (χ2v) is 9.35. The minimum absolute atomic E-state index is 0.0541. The van der Waals surface area contributed by atoms with Gasteiger partial charge in [0.2, 0.25) is 0 Å². The molecule has 2 aliphatic carbocycles. The first-order chi connectivity index (χ1) is 12.6. The molecule has 3 rings (SSSR count). The van der Waals surface area contributed by atoms with E-state index in [0.717, 1.165) is 25.7 Å². The summed E-state index contributed by atoms with van der Waals surface area (Å²) < 4.78 is 18.4. The third kappa shape index (κ3) is 6.26. The maximum absolute atomic E-state index is 12.3. The molecule has 156 valence electrons. The number of aliphatic hydroxyl groups excluding tert-OH is 2. The minimum Gasteiger partial charge on any atom is -0.390 e. The Bertz CT molecular complexity index is 401. The Hall–Kier alpha value is -0.0100. The molecule has 0 aromatic carbocycles. The van der Waals surface area contributed by atoms with E-state index in [4.69, 9.17) is 4.74 Å². The van der Waals surface area contributed by atoms with Crippen LogP contribution >= 0.6 is 0 Å². The largest absolute Gasteiger partial charge is 0.390 e. The van der Waals surface area contributed by atoms with Crippen molar-refractivity contribution in [2.24, 2.45) is 17.6 Å². The number of hydrogen-bond donors (Lipinski definition) is 3. The van der Waals surface area contributed by atoms with E-state index in [1.807, 2.05) is 13.8 Å². The number of rotatable bonds is 5. The first-order valence-electron chi connectivity index (χ1n) is 10.5. The van der Waals surface area contributed by atoms with Crippen LogP contribution in [0.1, 0.15) is 72.1 Å². The van der Waals surface area contributed by atoms with Gasteiger partial charge in [-0.3, -0.25) is 4.21 Å². The molecule has 0 aromatic heterocycles. The molecule has 1 aliphatic heterocycles. The van der Waals surface area contributed by atoms with E-state index in [-0.39, 0.29) is 12.2 Å². The Balaban J connectivity index is 0.000000791. The molecule has 0 aromatic rings. The van der Waals surface area contributed by atoms with Gasteiger partial charge in [0.25, 0.3) is 0 Å². The van der Waals surface area contributed by atoms with Crippen LogP contribution in [0.2, 0.25) is 0 Å². The van der Waals surface area contributed by atoms with Gasteiger partial charge >= 0.3 is 0 Å². The fraction of sp³-hybridized carbons (Fsp3) is 1.00. The van der Waals surface area contributed by atoms with Gasteiger partial charge in [0.15, 0.2) is 0 Å². The normalized spacial score (nSPS) is 38.3. The lowest BCUT2D eigenvalue weighted by molar-refractivity contribution is -0.202. The van der Waals surface area contributed by atoms with Crippen LogP contribution in [0.5, 0.6) is 0 Å². The highest BCUT2D eigenvalue weighted by Gasteiger charge is 2.45. The highest BCUT2D eigenvalue weighted by Crippen LogP contribution is 2.41. The number of nitrogens with two attached hydrogens (primary N) is 1. The van der Waals surface area contributed by atoms with Crippen LogP contribution in [0.25, 0.3) is 0 Å². The van der Waals surface area contributed by atoms with E-state index in [0.29, 0.717) is 29.3 Å². The van der Waals surface area contributed by atoms with Crippen LogP contribution < -0.4 is 5.73 Å². The van der Waals surface area contributed by atoms with Gasteiger partial charge in [0.1, 0.15) is 6.10 Å². The second kappa shape index (κ2) is 12.4. The van der Waals surface area contributed by atoms with Crippen molar-refractivity contribution in [3.8, 4) is 0 Å². The van der Waals surface area contributed by atoms with Crippen LogP contribution in [-0.2, 0) is 15.5 Å². The zero-order valence-electron chi connectivity index (χ0n) is 17.1. The Morgan fingerprint density at radius 3 is 2.19 bits per heavy atom. The minimum atomic E-state index is -0.760. The third-order valence-corrected chi connectivity index (χ3v) is 7.86. The van der Waals surface area contributed by atoms with E-state index < -0.39 is 23.0 Å². The van der Waals surface area contributed by atoms with Crippen molar-refractivity contribution < 1.29 is 19.2 Å². The summed E-state index contributed by atoms with van der Waals surface area (Å²) in [5, 5.41) is 20.7. The molecule has 2 saturated carbocycles. The molecule has 0 amide bonds. The van der Waals surface area contributed by atoms with Gasteiger partial charge in [-0.2, -0.15) is 0 Å². The molecule has 7 atom stereocenters. The van der Waals surface area contributed by atoms with Gasteiger partial charge in [0, 0.05) is 28.2 Å². The summed E-state index contributed by atoms with van der Waals surface area (Å²) in [4.78, 5) is 0. The Morgan fingerprint density at radius 2 is 1.69 bits per heavy atom. The lowest BCUT2D eigenvalue weighted by Gasteiger charge is -2.47. The standard InChI is InChI=1S/C17H30O4S.C2H6.CH5N/c1-11-6-7-14(11)17-16(19)15(18)10-12(21-17)8-9-22(20)13-4-2-3-5-13;2*1-2/h11-19H,2-10H2,1H3;1-2H3;2H2,1H3. The molecule has 7 unspecified atom stereocenters. The molecule has 0 radical (unpaired) electrons. The third-order valence-electron chi connectivity index (χ3n) is 6.01. The molecule has 0 spiro atoms. The number of ether oxygens (including phenoxy) is 1. The Morgan fingerprint density at radius 1 is 1.08 bits per heavy atom. The van der Waals surface area contributed by atoms with Gasteiger partial charge in [-0.1, -0.05) is 33.6 Å². The summed E-state index contributed by atoms with van der Waals surface area (Å²) in [7, 11) is 0.742. The predicted molar refractivity (Wildman–Crippen MR) is 109 cm³/mol. The van der Waals surface area contributed by atoms with Gasteiger partial charge in [-0.05, 0) is 51.0 Å². The first kappa shape index (κ1) is 24.0. The van der Waals surface area contributed by atoms with Crippen molar-refractivity contribution in [1.29, 1.82) is 0 Å². The molecule has 3 aliphatic rings. The van der Waals surface area contributed by atoms with Crippen LogP contribution in [-0.4, -0.2) is 56.9 Å². The topological polar surface area (TPSA) is 92.8 Å². The molecular weight excluding hydrogens is 350 g/mol. The summed E-state index contributed by atoms with van der Waals surface area (Å²) in [5.41, 5.74) is 4.50. The van der Waals surface area contributed by atoms with Crippen molar-refractivity contribution in [3.63, 3.8) is 0 Å². The first-order valence-corrected chi connectivity index (χ1v) is 11.9. The molecule has 1 heterocycles. The average molecular weight is 392 g/mol. The molecule has 3 fully saturated rings. The number of aliphatic hydroxyl groups is 2. The van der Waals surface area contributed by atoms with Crippen LogP contribution in [0, 0.1) is 11.8 Å². The highest BCUT2D eigenvalue weighted by atomic mass is 32.2. The molecule has 5 nitrogen and oxygen atoms in total. The Kier molecular flexibility index (Phi) is 11.5. The molecule has 4 N–H and O–H groups in total. The van der Waals surface area contributed by atoms with Crippen molar-refractivity contribution in [2.75, 3.05) is 12.8 Å². The van der Waals surface area contributed by atoms with E-state index in [1.165, 1.54) is 26.3 Å². The van der Waals surface area contributed by atoms with Crippen molar-refractivity contribution in [2.45, 2.75) is 102 Å². The van der Waals surface area contributed by atoms with E-state index in [2.05, 4.69) is 12.7 Å². The molecule has 0 bridgehead atoms. The number of hydrogen-bond acceptors (Lipinski definition) is 5. The van der Waals surface area contributed by atoms with Gasteiger partial charge in [-0.15, -0.1) is 0 Å². The second-order valence-electron chi connectivity index (χ2n) is 7.51. The van der Waals surface area contributed by atoms with Crippen LogP contribution in [0.3, 0.4) is 0 Å². The fourth-order valence-electron chi connectivity index (χ4n) is 4.27. The quantitative estimate of drug-likeness (QED) is 0.670. The van der Waals surface area contributed by atoms with Crippen LogP contribution in [0.4, 0.5) is 0 Å². The van der Waals surface area contributed by atoms with Crippen molar-refractivity contribution in [1.82, 2.24) is 0 Å². The van der Waals surface area contributed by atoms with E-state index in [9.17, 15) is 14.4 Å². The summed E-state index contributed by atoms with van der Waals surface area (Å²) >= 11 is 0. The summed E-state index contributed by atoms with van der Waals surface area (Å²) in [6.45, 7) is 6.19. The Labute approximate surface area is 162 Å². The summed E-state index contributed by atoms with van der Waals surface area (Å²) in [6, 6.07) is 0. The van der Waals surface area contributed by atoms with E-state index >= 15 is 0 Å². The summed E-state index contributed by atoms with van der Waals surface area (Å²) in [6.07, 6.45) is 6.35. The highest BCUT2D eigenvalue weighted by molar-refractivity contribution is 7.85. The average Bonchev–Trinajstić information content (AvgIpc) is 3.20. The lowest BCUT2D eigenvalue weighted by atomic mass is 9.69. The van der Waals surface area contributed by atoms with Crippen molar-refractivity contribution in [3.05, 3.63) is 0 Å². The van der Waals surface area contributed by atoms with E-state index in [1.54, 1.807) is 0 Å².